The van der Waals surface area contributed by atoms with Gasteiger partial charge in [0.15, 0.2) is 0 Å². The summed E-state index contributed by atoms with van der Waals surface area (Å²) in [5.41, 5.74) is 2.11. The van der Waals surface area contributed by atoms with Gasteiger partial charge in [-0.15, -0.1) is 11.5 Å². The van der Waals surface area contributed by atoms with Crippen molar-refractivity contribution < 1.29 is 32.7 Å². The summed E-state index contributed by atoms with van der Waals surface area (Å²) in [6.45, 7) is 0. The maximum absolute atomic E-state index is 4.17. The number of anilines is 1. The Bertz CT molecular complexity index is 401. The number of rotatable bonds is 1. The molecule has 0 saturated heterocycles. The SMILES string of the molecule is CNc1ccc2nc[c-]cc2c1.[Y]. The molecule has 1 aromatic heterocycles. The molecule has 1 radical (unpaired) electrons. The Morgan fingerprint density at radius 3 is 3.00 bits per heavy atom. The molecule has 1 aromatic carbocycles. The molecular formula is C10H9N2Y-. The molecule has 0 amide bonds. The third-order valence-corrected chi connectivity index (χ3v) is 1.83. The number of nitrogens with zero attached hydrogens (tertiary/aromatic N) is 1. The molecule has 1 heterocycles. The molecule has 2 aromatic rings. The number of pyridine rings is 1. The molecule has 63 valence electrons. The molecule has 0 unspecified atom stereocenters. The van der Waals surface area contributed by atoms with Gasteiger partial charge in [-0.25, -0.2) is 12.1 Å². The second-order valence-corrected chi connectivity index (χ2v) is 2.59. The molecule has 0 atom stereocenters. The van der Waals surface area contributed by atoms with Gasteiger partial charge in [0.05, 0.1) is 0 Å². The van der Waals surface area contributed by atoms with Crippen LogP contribution >= 0.6 is 0 Å². The molecule has 0 fully saturated rings. The van der Waals surface area contributed by atoms with E-state index in [1.54, 1.807) is 6.20 Å². The van der Waals surface area contributed by atoms with Crippen LogP contribution in [0.1, 0.15) is 0 Å². The molecule has 0 bridgehead atoms. The van der Waals surface area contributed by atoms with Crippen LogP contribution in [0.25, 0.3) is 10.9 Å². The molecule has 3 heteroatoms. The van der Waals surface area contributed by atoms with Crippen LogP contribution in [-0.2, 0) is 32.7 Å². The topological polar surface area (TPSA) is 24.9 Å². The zero-order valence-corrected chi connectivity index (χ0v) is 10.2. The summed E-state index contributed by atoms with van der Waals surface area (Å²) in [7, 11) is 1.90. The predicted octanol–water partition coefficient (Wildman–Crippen LogP) is 2.07. The first kappa shape index (κ1) is 10.6. The van der Waals surface area contributed by atoms with E-state index in [9.17, 15) is 0 Å². The molecule has 13 heavy (non-hydrogen) atoms. The number of nitrogens with one attached hydrogen (secondary N) is 1. The maximum Gasteiger partial charge on any atom is 0.0164 e. The number of hydrogen-bond acceptors (Lipinski definition) is 2. The first-order valence-electron chi connectivity index (χ1n) is 3.84. The van der Waals surface area contributed by atoms with Crippen LogP contribution in [0.4, 0.5) is 5.69 Å². The van der Waals surface area contributed by atoms with Crippen molar-refractivity contribution in [1.29, 1.82) is 0 Å². The van der Waals surface area contributed by atoms with E-state index in [0.717, 1.165) is 16.6 Å². The van der Waals surface area contributed by atoms with Gasteiger partial charge >= 0.3 is 0 Å². The largest absolute Gasteiger partial charge is 0.389 e. The second-order valence-electron chi connectivity index (χ2n) is 2.59. The van der Waals surface area contributed by atoms with Crippen molar-refractivity contribution in [3.05, 3.63) is 36.5 Å². The van der Waals surface area contributed by atoms with E-state index < -0.39 is 0 Å². The van der Waals surface area contributed by atoms with Crippen LogP contribution in [0, 0.1) is 6.07 Å². The van der Waals surface area contributed by atoms with Crippen molar-refractivity contribution in [1.82, 2.24) is 4.98 Å². The van der Waals surface area contributed by atoms with E-state index in [1.807, 2.05) is 25.2 Å². The molecular weight excluding hydrogens is 237 g/mol. The maximum atomic E-state index is 4.17. The molecule has 2 rings (SSSR count). The van der Waals surface area contributed by atoms with Crippen LogP contribution in [0.15, 0.2) is 30.5 Å². The van der Waals surface area contributed by atoms with Crippen LogP contribution in [-0.4, -0.2) is 12.0 Å². The van der Waals surface area contributed by atoms with Crippen molar-refractivity contribution in [3.63, 3.8) is 0 Å². The Labute approximate surface area is 103 Å². The van der Waals surface area contributed by atoms with Gasteiger partial charge in [-0.05, 0) is 11.6 Å². The molecule has 0 saturated carbocycles. The van der Waals surface area contributed by atoms with Crippen LogP contribution in [0.2, 0.25) is 0 Å². The summed E-state index contributed by atoms with van der Waals surface area (Å²) in [5, 5.41) is 4.19. The van der Waals surface area contributed by atoms with Crippen LogP contribution in [0.3, 0.4) is 0 Å². The fourth-order valence-corrected chi connectivity index (χ4v) is 1.18. The van der Waals surface area contributed by atoms with Crippen LogP contribution in [0.5, 0.6) is 0 Å². The summed E-state index contributed by atoms with van der Waals surface area (Å²) in [4.78, 5) is 4.17. The van der Waals surface area contributed by atoms with E-state index in [0.29, 0.717) is 0 Å². The van der Waals surface area contributed by atoms with E-state index in [-0.39, 0.29) is 32.7 Å². The van der Waals surface area contributed by atoms with Gasteiger partial charge in [0.2, 0.25) is 0 Å². The summed E-state index contributed by atoms with van der Waals surface area (Å²) in [6.07, 6.45) is 1.68. The standard InChI is InChI=1S/C10H9N2.Y/c1-11-9-4-5-10-8(7-9)3-2-6-12-10;/h3-7,11H,1H3;/q-1;. The molecule has 0 aliphatic carbocycles. The monoisotopic (exact) mass is 246 g/mol. The minimum Gasteiger partial charge on any atom is -0.389 e. The van der Waals surface area contributed by atoms with Gasteiger partial charge < -0.3 is 5.32 Å². The Hall–Kier alpha value is -0.466. The first-order valence-corrected chi connectivity index (χ1v) is 3.84. The molecule has 0 spiro atoms. The molecule has 0 aliphatic rings. The zero-order valence-electron chi connectivity index (χ0n) is 7.41. The van der Waals surface area contributed by atoms with Gasteiger partial charge in [0, 0.05) is 45.4 Å². The Kier molecular flexibility index (Phi) is 3.82. The first-order chi connectivity index (χ1) is 5.90. The number of hydrogen-bond donors (Lipinski definition) is 1. The van der Waals surface area contributed by atoms with Gasteiger partial charge in [0.25, 0.3) is 0 Å². The zero-order chi connectivity index (χ0) is 8.39. The number of fused-ring (bicyclic) bond motifs is 1. The second kappa shape index (κ2) is 4.68. The molecule has 1 N–H and O–H groups in total. The average Bonchev–Trinajstić information content (AvgIpc) is 2.17. The normalized spacial score (nSPS) is 9.31. The van der Waals surface area contributed by atoms with Gasteiger partial charge in [-0.3, -0.25) is 4.98 Å². The third-order valence-electron chi connectivity index (χ3n) is 1.83. The summed E-state index contributed by atoms with van der Waals surface area (Å²) in [5.74, 6) is 0. The van der Waals surface area contributed by atoms with Crippen molar-refractivity contribution in [2.45, 2.75) is 0 Å². The van der Waals surface area contributed by atoms with E-state index >= 15 is 0 Å². The minimum atomic E-state index is 0. The molecule has 2 nitrogen and oxygen atoms in total. The van der Waals surface area contributed by atoms with Crippen molar-refractivity contribution in [3.8, 4) is 0 Å². The van der Waals surface area contributed by atoms with Gasteiger partial charge in [-0.1, -0.05) is 12.3 Å². The number of aromatic nitrogens is 1. The van der Waals surface area contributed by atoms with Gasteiger partial charge in [-0.2, -0.15) is 0 Å². The van der Waals surface area contributed by atoms with E-state index in [1.165, 1.54) is 0 Å². The van der Waals surface area contributed by atoms with Crippen molar-refractivity contribution in [2.24, 2.45) is 0 Å². The fourth-order valence-electron chi connectivity index (χ4n) is 1.18. The number of benzene rings is 1. The van der Waals surface area contributed by atoms with Crippen LogP contribution < -0.4 is 5.32 Å². The third kappa shape index (κ3) is 2.26. The van der Waals surface area contributed by atoms with Crippen molar-refractivity contribution in [2.75, 3.05) is 12.4 Å². The molecule has 0 aliphatic heterocycles. The fraction of sp³-hybridized carbons (Fsp3) is 0.100. The quantitative estimate of drug-likeness (QED) is 0.779. The summed E-state index contributed by atoms with van der Waals surface area (Å²) >= 11 is 0. The summed E-state index contributed by atoms with van der Waals surface area (Å²) in [6, 6.07) is 10.9. The Morgan fingerprint density at radius 2 is 2.23 bits per heavy atom. The van der Waals surface area contributed by atoms with E-state index in [4.69, 9.17) is 0 Å². The van der Waals surface area contributed by atoms with E-state index in [2.05, 4.69) is 22.4 Å². The Balaban J connectivity index is 0.000000845. The summed E-state index contributed by atoms with van der Waals surface area (Å²) < 4.78 is 0. The Morgan fingerprint density at radius 1 is 1.38 bits per heavy atom. The average molecular weight is 246 g/mol. The van der Waals surface area contributed by atoms with Crippen molar-refractivity contribution >= 4 is 16.6 Å². The smallest absolute Gasteiger partial charge is 0.0164 e. The predicted molar refractivity (Wildman–Crippen MR) is 50.1 cm³/mol. The van der Waals surface area contributed by atoms with Gasteiger partial charge in [0.1, 0.15) is 0 Å². The minimum absolute atomic E-state index is 0.